The van der Waals surface area contributed by atoms with E-state index in [1.54, 1.807) is 169 Å². The van der Waals surface area contributed by atoms with Gasteiger partial charge in [0.2, 0.25) is 6.08 Å². The Kier molecular flexibility index (Phi) is 85.4. The topological polar surface area (TPSA) is 539 Å². The Morgan fingerprint density at radius 3 is 1.19 bits per heavy atom. The predicted octanol–water partition coefficient (Wildman–Crippen LogP) is 16.1. The number of rotatable bonds is 25. The van der Waals surface area contributed by atoms with Crippen LogP contribution in [0.15, 0.2) is 143 Å². The number of ether oxygens (including phenoxy) is 5. The van der Waals surface area contributed by atoms with Gasteiger partial charge in [0.05, 0.1) is 96.3 Å². The largest absolute Gasteiger partial charge is 1.00 e. The fourth-order valence-corrected chi connectivity index (χ4v) is 11.6. The zero-order chi connectivity index (χ0) is 110. The molecule has 0 radical (unpaired) electrons. The van der Waals surface area contributed by atoms with Crippen LogP contribution in [-0.4, -0.2) is 197 Å². The van der Waals surface area contributed by atoms with Crippen LogP contribution in [0.4, 0.5) is 26.7 Å². The number of aldehydes is 1. The number of nitrogens with one attached hydrogen (secondary N) is 3. The van der Waals surface area contributed by atoms with E-state index in [-0.39, 0.29) is 151 Å². The molecule has 34 nitrogen and oxygen atoms in total. The van der Waals surface area contributed by atoms with Gasteiger partial charge in [-0.3, -0.25) is 24.2 Å². The number of halogens is 10. The van der Waals surface area contributed by atoms with Crippen molar-refractivity contribution in [3.05, 3.63) is 209 Å². The fourth-order valence-electron chi connectivity index (χ4n) is 9.84. The van der Waals surface area contributed by atoms with Gasteiger partial charge in [-0.15, -0.1) is 42.2 Å². The van der Waals surface area contributed by atoms with E-state index in [2.05, 4.69) is 98.0 Å². The van der Waals surface area contributed by atoms with Crippen LogP contribution in [0.1, 0.15) is 197 Å². The molecule has 0 saturated carbocycles. The van der Waals surface area contributed by atoms with Crippen LogP contribution < -0.4 is 72.7 Å². The normalized spacial score (nSPS) is 12.8. The van der Waals surface area contributed by atoms with Crippen LogP contribution >= 0.6 is 121 Å². The van der Waals surface area contributed by atoms with Crippen molar-refractivity contribution in [2.75, 3.05) is 81.4 Å². The first kappa shape index (κ1) is 147. The summed E-state index contributed by atoms with van der Waals surface area (Å²) in [7, 11) is 0. The molecule has 788 valence electrons. The number of aromatic nitrogens is 3. The number of amides is 5. The summed E-state index contributed by atoms with van der Waals surface area (Å²) in [5.41, 5.74) is 19.5. The second-order valence-corrected chi connectivity index (χ2v) is 35.4. The van der Waals surface area contributed by atoms with Crippen molar-refractivity contribution in [2.45, 2.75) is 212 Å². The number of carbonyl (C=O) groups excluding carboxylic acids is 10. The molecule has 1 aliphatic heterocycles. The predicted molar refractivity (Wildman–Crippen MR) is 570 cm³/mol. The molecule has 0 bridgehead atoms. The van der Waals surface area contributed by atoms with Gasteiger partial charge < -0.3 is 76.7 Å². The fraction of sp³-hybridized carbons (Fsp3) is 0.455. The summed E-state index contributed by atoms with van der Waals surface area (Å²) in [4.78, 5) is 135. The number of aliphatic hydroxyl groups is 1. The van der Waals surface area contributed by atoms with Gasteiger partial charge in [-0.1, -0.05) is 203 Å². The number of esters is 5. The summed E-state index contributed by atoms with van der Waals surface area (Å²) in [5.74, 6) is -2.35. The number of alkyl halides is 3. The van der Waals surface area contributed by atoms with Gasteiger partial charge in [-0.2, -0.15) is 26.0 Å². The van der Waals surface area contributed by atoms with Crippen molar-refractivity contribution in [3.8, 4) is 24.3 Å². The number of pyridine rings is 3. The Bertz CT molecular complexity index is 5080. The van der Waals surface area contributed by atoms with Crippen molar-refractivity contribution < 1.29 is 111 Å². The number of nitrogens with zero attached hydrogens (tertiary/aromatic N) is 11. The molecule has 3 aromatic heterocycles. The second-order valence-electron chi connectivity index (χ2n) is 31.7. The minimum absolute atomic E-state index is 0. The van der Waals surface area contributed by atoms with Crippen molar-refractivity contribution in [3.63, 3.8) is 0 Å². The van der Waals surface area contributed by atoms with Gasteiger partial charge in [-0.05, 0) is 203 Å². The molecule has 5 amide bonds. The molecule has 45 heteroatoms. The number of carbonyl (C=O) groups is 9. The maximum absolute atomic E-state index is 12.9. The molecule has 6 unspecified atom stereocenters. The van der Waals surface area contributed by atoms with Crippen molar-refractivity contribution >= 4 is 205 Å². The Labute approximate surface area is 924 Å². The average molecular weight is 2260 g/mol. The summed E-state index contributed by atoms with van der Waals surface area (Å²) < 4.78 is 23.9. The molecule has 1 fully saturated rings. The van der Waals surface area contributed by atoms with Crippen LogP contribution in [0.2, 0.25) is 30.9 Å². The van der Waals surface area contributed by atoms with Crippen LogP contribution in [0, 0.1) is 56.2 Å². The van der Waals surface area contributed by atoms with Gasteiger partial charge >= 0.3 is 71.5 Å². The molecule has 7 aromatic rings. The number of urea groups is 2. The third kappa shape index (κ3) is 70.3. The number of aliphatic hydroxyl groups excluding tert-OH is 1. The quantitative estimate of drug-likeness (QED) is 0.00322. The first-order valence-corrected chi connectivity index (χ1v) is 48.5. The van der Waals surface area contributed by atoms with E-state index in [4.69, 9.17) is 155 Å². The molecule has 10 N–H and O–H groups in total. The maximum atomic E-state index is 12.9. The monoisotopic (exact) mass is 2250 g/mol. The molecule has 144 heavy (non-hydrogen) atoms. The van der Waals surface area contributed by atoms with E-state index in [1.807, 2.05) is 84.0 Å². The van der Waals surface area contributed by atoms with Crippen LogP contribution in [-0.2, 0) is 86.6 Å². The van der Waals surface area contributed by atoms with Crippen LogP contribution in [0.3, 0.4) is 0 Å². The Morgan fingerprint density at radius 2 is 0.889 bits per heavy atom. The SMILES string of the molecule is CC(C)(C)C=O.CC1(Cc2ccc(C#N)cc2)NC(=O)N(c2cc(Cl)nc(Cl)c2)C1=O.CCN(CC)CC.CCO.CCOC(=O)C(C)(Cc1ccc(C#N)cc1)NC(=O)Nc1cc(Cl)nc(Cl)c1.CCOC(=O)C(C)(N)Cc1ccc(C#N)cc1.CCOC(=O)C(C)N.CCOC(=O)C(C)N.CCOC(=O)C(C)N=CC(C)(C)C.CC[O-].Cl.ClCCl.N#Cc1ccc(CBr)cc1.O=C=Nc1cc(Cl)nc(Cl)c1.[Na+]. The number of hydrogen-bond acceptors (Lipinski definition) is 30. The minimum atomic E-state index is -1.34. The van der Waals surface area contributed by atoms with Crippen LogP contribution in [0.25, 0.3) is 0 Å². The van der Waals surface area contributed by atoms with E-state index >= 15 is 0 Å². The molecule has 1 aliphatic rings. The number of isocyanates is 1. The number of aliphatic imine (C=N–C) groups is 2. The third-order valence-corrected chi connectivity index (χ3v) is 18.4. The van der Waals surface area contributed by atoms with Crippen molar-refractivity contribution in [2.24, 2.45) is 38.0 Å². The molecule has 8 rings (SSSR count). The van der Waals surface area contributed by atoms with E-state index < -0.39 is 58.6 Å². The smallest absolute Gasteiger partial charge is 0.855 e. The maximum Gasteiger partial charge on any atom is 1.00 e. The van der Waals surface area contributed by atoms with Gasteiger partial charge in [-0.25, -0.2) is 43.8 Å². The molecule has 0 spiro atoms. The molecular formula is C99H134BrCl9N17NaO17. The number of nitrogens with two attached hydrogens (primary N) is 3. The number of nitriles is 4. The van der Waals surface area contributed by atoms with Crippen molar-refractivity contribution in [1.82, 2.24) is 30.5 Å². The summed E-state index contributed by atoms with van der Waals surface area (Å²) in [6.07, 6.45) is 4.93. The standard InChI is InChI=1S/C19H18Cl2N4O3.C17H12Cl2N4O2.C13H16N2O2.C10H19NO2.C8H6BrN.C6H2Cl2N2O.C6H15N.2C5H11NO2.C5H10O.C2H6O.C2H5O.CH2Cl2.ClH.Na/c1-3-28-17(26)19(2,10-12-4-6-13(11-22)7-5-12)25-18(27)23-14-8-15(20)24-16(21)9-14;1-17(8-10-2-4-11(9-20)5-3-10)15(24)23(16(25)22-17)12-6-13(18)21-14(19)7-12;1-3-17-12(16)13(2,15)8-10-4-6-11(9-14)7-5-10;1-6-13-9(12)8(2)11-7-10(3,4)5;9-5-7-1-3-8(6-10)4-2-7;7-5-1-4(9-3-11)2-6(8)10-5;1-4-7(5-2)6-3;2*1-3-8-5(7)4(2)6;1-5(2,3)4-6;2*1-2-3;2-1-3;;/h4-9H,3,10H2,1-2H3,(H2,23,24,25,27);2-7H,8H2,1H3,(H,22,25);4-7H,3,8,15H2,1-2H3;7-8H,6H2,1-5H3;1-4H,5H2;1-2H;4-6H2,1-3H3;2*4H,3,6H2,1-2H3;4H,1-3H3;3H,2H2,1H3;2H2,1H3;1H2;1H;/q;;;;;;;;;;;-1;;;+1. The van der Waals surface area contributed by atoms with Gasteiger partial charge in [0.1, 0.15) is 71.9 Å². The summed E-state index contributed by atoms with van der Waals surface area (Å²) >= 11 is 47.2. The number of anilines is 2. The van der Waals surface area contributed by atoms with E-state index in [0.29, 0.717) is 66.5 Å². The Morgan fingerprint density at radius 1 is 0.569 bits per heavy atom. The Hall–Kier alpha value is -9.58. The molecule has 6 atom stereocenters. The summed E-state index contributed by atoms with van der Waals surface area (Å²) in [5, 5.41) is 61.1. The zero-order valence-electron chi connectivity index (χ0n) is 85.6. The van der Waals surface area contributed by atoms with Gasteiger partial charge in [0, 0.05) is 60.6 Å². The molecular weight excluding hydrogens is 2120 g/mol. The second kappa shape index (κ2) is 83.5. The Balaban J connectivity index is -0.000000297. The average Bonchev–Trinajstić information content (AvgIpc) is 1.61. The summed E-state index contributed by atoms with van der Waals surface area (Å²) in [6, 6.07) is 42.2. The van der Waals surface area contributed by atoms with Crippen molar-refractivity contribution in [1.29, 1.82) is 21.0 Å². The molecule has 4 heterocycles. The number of hydrogen-bond donors (Lipinski definition) is 7. The first-order valence-electron chi connectivity index (χ1n) is 44.1. The molecule has 0 aliphatic carbocycles. The first-order chi connectivity index (χ1) is 66.5. The molecule has 4 aromatic carbocycles. The zero-order valence-corrected chi connectivity index (χ0v) is 96.1. The van der Waals surface area contributed by atoms with E-state index in [9.17, 15) is 47.9 Å². The number of benzene rings is 4. The van der Waals surface area contributed by atoms with Crippen LogP contribution in [0.5, 0.6) is 0 Å². The van der Waals surface area contributed by atoms with Gasteiger partial charge in [0.25, 0.3) is 5.91 Å². The van der Waals surface area contributed by atoms with Gasteiger partial charge in [0.15, 0.2) is 0 Å². The van der Waals surface area contributed by atoms with E-state index in [1.165, 1.54) is 67.7 Å². The molecule has 1 saturated heterocycles. The summed E-state index contributed by atoms with van der Waals surface area (Å²) in [6.45, 7) is 45.6. The minimum Gasteiger partial charge on any atom is -0.855 e. The number of imide groups is 1. The van der Waals surface area contributed by atoms with E-state index in [0.717, 1.165) is 33.2 Å². The third-order valence-electron chi connectivity index (χ3n) is 16.6.